The van der Waals surface area contributed by atoms with Gasteiger partial charge in [0.1, 0.15) is 5.83 Å². The molecular weight excluding hydrogens is 145 g/mol. The van der Waals surface area contributed by atoms with E-state index < -0.39 is 0 Å². The Labute approximate surface area is 65.5 Å². The lowest BCUT2D eigenvalue weighted by molar-refractivity contribution is 0.340. The van der Waals surface area contributed by atoms with Gasteiger partial charge in [-0.2, -0.15) is 0 Å². The van der Waals surface area contributed by atoms with Crippen molar-refractivity contribution in [3.05, 3.63) is 11.9 Å². The van der Waals surface area contributed by atoms with Crippen LogP contribution in [0.25, 0.3) is 0 Å². The molecular formula is C8H12FNO. The molecule has 1 saturated carbocycles. The van der Waals surface area contributed by atoms with Crippen molar-refractivity contribution >= 4 is 5.71 Å². The van der Waals surface area contributed by atoms with Gasteiger partial charge in [-0.05, 0) is 18.9 Å². The lowest BCUT2D eigenvalue weighted by atomic mass is 10.2. The molecule has 0 aromatic carbocycles. The predicted molar refractivity (Wildman–Crippen MR) is 42.4 cm³/mol. The SMILES string of the molecule is C/N=C(\C(F)=C\CO)C1CC1. The van der Waals surface area contributed by atoms with Crippen LogP contribution in [0.1, 0.15) is 12.8 Å². The highest BCUT2D eigenvalue weighted by molar-refractivity contribution is 6.01. The van der Waals surface area contributed by atoms with Crippen molar-refractivity contribution in [3.8, 4) is 0 Å². The maximum absolute atomic E-state index is 12.9. The second-order valence-electron chi connectivity index (χ2n) is 2.62. The van der Waals surface area contributed by atoms with E-state index in [2.05, 4.69) is 4.99 Å². The van der Waals surface area contributed by atoms with Crippen LogP contribution in [0.5, 0.6) is 0 Å². The molecule has 0 atom stereocenters. The maximum atomic E-state index is 12.9. The zero-order valence-corrected chi connectivity index (χ0v) is 6.55. The zero-order valence-electron chi connectivity index (χ0n) is 6.55. The number of hydrogen-bond acceptors (Lipinski definition) is 2. The summed E-state index contributed by atoms with van der Waals surface area (Å²) in [6, 6.07) is 0. The van der Waals surface area contributed by atoms with Crippen molar-refractivity contribution in [3.63, 3.8) is 0 Å². The number of hydrogen-bond donors (Lipinski definition) is 1. The van der Waals surface area contributed by atoms with Gasteiger partial charge in [-0.1, -0.05) is 0 Å². The Morgan fingerprint density at radius 2 is 2.36 bits per heavy atom. The van der Waals surface area contributed by atoms with E-state index in [0.717, 1.165) is 18.9 Å². The molecule has 0 amide bonds. The molecule has 3 heteroatoms. The van der Waals surface area contributed by atoms with E-state index in [9.17, 15) is 4.39 Å². The van der Waals surface area contributed by atoms with Gasteiger partial charge in [-0.3, -0.25) is 4.99 Å². The highest BCUT2D eigenvalue weighted by Crippen LogP contribution is 2.33. The molecule has 2 nitrogen and oxygen atoms in total. The number of rotatable bonds is 3. The molecule has 0 spiro atoms. The average molecular weight is 157 g/mol. The molecule has 1 aliphatic carbocycles. The lowest BCUT2D eigenvalue weighted by Gasteiger charge is -1.98. The summed E-state index contributed by atoms with van der Waals surface area (Å²) in [7, 11) is 1.58. The van der Waals surface area contributed by atoms with Gasteiger partial charge in [-0.15, -0.1) is 0 Å². The van der Waals surface area contributed by atoms with Crippen LogP contribution in [-0.4, -0.2) is 24.5 Å². The number of aliphatic hydroxyl groups excluding tert-OH is 1. The summed E-state index contributed by atoms with van der Waals surface area (Å²) < 4.78 is 12.9. The fourth-order valence-corrected chi connectivity index (χ4v) is 1.03. The minimum atomic E-state index is -0.363. The second kappa shape index (κ2) is 3.62. The fraction of sp³-hybridized carbons (Fsp3) is 0.625. The van der Waals surface area contributed by atoms with Crippen LogP contribution in [0.15, 0.2) is 16.9 Å². The highest BCUT2D eigenvalue weighted by atomic mass is 19.1. The molecule has 0 aromatic rings. The van der Waals surface area contributed by atoms with E-state index in [1.54, 1.807) is 7.05 Å². The Morgan fingerprint density at radius 1 is 1.73 bits per heavy atom. The molecule has 0 radical (unpaired) electrons. The first-order valence-corrected chi connectivity index (χ1v) is 3.73. The fourth-order valence-electron chi connectivity index (χ4n) is 1.03. The van der Waals surface area contributed by atoms with Gasteiger partial charge in [0.2, 0.25) is 0 Å². The molecule has 1 aliphatic rings. The third-order valence-corrected chi connectivity index (χ3v) is 1.72. The monoisotopic (exact) mass is 157 g/mol. The van der Waals surface area contributed by atoms with Crippen molar-refractivity contribution in [1.29, 1.82) is 0 Å². The Morgan fingerprint density at radius 3 is 2.73 bits per heavy atom. The summed E-state index contributed by atoms with van der Waals surface area (Å²) in [5.74, 6) is -0.0553. The summed E-state index contributed by atoms with van der Waals surface area (Å²) in [5.41, 5.74) is 0.513. The average Bonchev–Trinajstić information content (AvgIpc) is 2.73. The summed E-state index contributed by atoms with van der Waals surface area (Å²) in [5, 5.41) is 8.41. The van der Waals surface area contributed by atoms with E-state index in [1.165, 1.54) is 0 Å². The molecule has 1 rings (SSSR count). The molecule has 0 heterocycles. The van der Waals surface area contributed by atoms with Crippen LogP contribution in [0, 0.1) is 5.92 Å². The van der Waals surface area contributed by atoms with Crippen LogP contribution >= 0.6 is 0 Å². The first-order valence-electron chi connectivity index (χ1n) is 3.73. The van der Waals surface area contributed by atoms with Gasteiger partial charge in [0, 0.05) is 13.0 Å². The first-order chi connectivity index (χ1) is 5.29. The van der Waals surface area contributed by atoms with Gasteiger partial charge in [-0.25, -0.2) is 4.39 Å². The standard InChI is InChI=1S/C8H12FNO/c1-10-8(6-2-3-6)7(9)4-5-11/h4,6,11H,2-3,5H2,1H3/b7-4-,10-8-. The number of aliphatic hydroxyl groups is 1. The number of allylic oxidation sites excluding steroid dienone is 1. The van der Waals surface area contributed by atoms with Gasteiger partial charge in [0.25, 0.3) is 0 Å². The summed E-state index contributed by atoms with van der Waals surface area (Å²) in [4.78, 5) is 3.83. The van der Waals surface area contributed by atoms with Crippen LogP contribution in [-0.2, 0) is 0 Å². The molecule has 11 heavy (non-hydrogen) atoms. The van der Waals surface area contributed by atoms with Crippen LogP contribution in [0.2, 0.25) is 0 Å². The largest absolute Gasteiger partial charge is 0.392 e. The van der Waals surface area contributed by atoms with E-state index in [4.69, 9.17) is 5.11 Å². The highest BCUT2D eigenvalue weighted by Gasteiger charge is 2.29. The minimum Gasteiger partial charge on any atom is -0.392 e. The molecule has 0 saturated heterocycles. The van der Waals surface area contributed by atoms with Crippen LogP contribution in [0.3, 0.4) is 0 Å². The molecule has 0 bridgehead atoms. The van der Waals surface area contributed by atoms with Crippen molar-refractivity contribution in [2.24, 2.45) is 10.9 Å². The van der Waals surface area contributed by atoms with E-state index in [1.807, 2.05) is 0 Å². The van der Waals surface area contributed by atoms with Gasteiger partial charge in [0.15, 0.2) is 0 Å². The summed E-state index contributed by atoms with van der Waals surface area (Å²) in [6.07, 6.45) is 3.21. The van der Waals surface area contributed by atoms with Crippen molar-refractivity contribution < 1.29 is 9.50 Å². The zero-order chi connectivity index (χ0) is 8.27. The summed E-state index contributed by atoms with van der Waals surface area (Å²) in [6.45, 7) is -0.252. The van der Waals surface area contributed by atoms with Crippen molar-refractivity contribution in [2.75, 3.05) is 13.7 Å². The van der Waals surface area contributed by atoms with Crippen LogP contribution < -0.4 is 0 Å². The Balaban J connectivity index is 2.61. The van der Waals surface area contributed by atoms with E-state index in [0.29, 0.717) is 11.6 Å². The van der Waals surface area contributed by atoms with Crippen molar-refractivity contribution in [2.45, 2.75) is 12.8 Å². The van der Waals surface area contributed by atoms with Gasteiger partial charge >= 0.3 is 0 Å². The maximum Gasteiger partial charge on any atom is 0.142 e. The third kappa shape index (κ3) is 2.12. The molecule has 1 fully saturated rings. The Bertz CT molecular complexity index is 194. The van der Waals surface area contributed by atoms with Crippen LogP contribution in [0.4, 0.5) is 4.39 Å². The van der Waals surface area contributed by atoms with E-state index >= 15 is 0 Å². The first kappa shape index (κ1) is 8.40. The Kier molecular flexibility index (Phi) is 2.76. The molecule has 1 N–H and O–H groups in total. The lowest BCUT2D eigenvalue weighted by Crippen LogP contribution is -2.02. The van der Waals surface area contributed by atoms with E-state index in [-0.39, 0.29) is 12.4 Å². The topological polar surface area (TPSA) is 32.6 Å². The molecule has 62 valence electrons. The second-order valence-corrected chi connectivity index (χ2v) is 2.62. The number of nitrogens with zero attached hydrogens (tertiary/aromatic N) is 1. The Hall–Kier alpha value is -0.700. The molecule has 0 unspecified atom stereocenters. The minimum absolute atomic E-state index is 0.252. The molecule has 0 aromatic heterocycles. The number of halogens is 1. The van der Waals surface area contributed by atoms with Crippen molar-refractivity contribution in [1.82, 2.24) is 0 Å². The smallest absolute Gasteiger partial charge is 0.142 e. The molecule has 0 aliphatic heterocycles. The summed E-state index contributed by atoms with van der Waals surface area (Å²) >= 11 is 0. The quantitative estimate of drug-likeness (QED) is 0.615. The number of aliphatic imine (C=N–C) groups is 1. The van der Waals surface area contributed by atoms with Gasteiger partial charge < -0.3 is 5.11 Å². The van der Waals surface area contributed by atoms with Gasteiger partial charge in [0.05, 0.1) is 12.3 Å². The third-order valence-electron chi connectivity index (χ3n) is 1.72. The predicted octanol–water partition coefficient (Wildman–Crippen LogP) is 1.31. The normalized spacial score (nSPS) is 20.6.